The third-order valence-electron chi connectivity index (χ3n) is 2.60. The zero-order chi connectivity index (χ0) is 11.9. The lowest BCUT2D eigenvalue weighted by molar-refractivity contribution is -0.139. The van der Waals surface area contributed by atoms with E-state index in [4.69, 9.17) is 5.11 Å². The standard InChI is InChI=1S/C10H11NO4S/c1-16(14,15)7-2-3-8-6(4-7)5-11-9(8)10(12)13/h2-4,9,11H,5H2,1H3,(H,12,13)/t9-/m0/s1. The fraction of sp³-hybridized carbons (Fsp3) is 0.300. The molecule has 0 aliphatic carbocycles. The summed E-state index contributed by atoms with van der Waals surface area (Å²) in [6, 6.07) is 3.80. The van der Waals surface area contributed by atoms with E-state index in [2.05, 4.69) is 5.32 Å². The summed E-state index contributed by atoms with van der Waals surface area (Å²) in [6.45, 7) is 0.385. The van der Waals surface area contributed by atoms with Crippen LogP contribution in [0.2, 0.25) is 0 Å². The maximum Gasteiger partial charge on any atom is 0.325 e. The number of sulfone groups is 1. The average molecular weight is 241 g/mol. The normalized spacial score (nSPS) is 19.4. The van der Waals surface area contributed by atoms with Crippen LogP contribution in [-0.4, -0.2) is 25.7 Å². The van der Waals surface area contributed by atoms with Crippen LogP contribution in [0.4, 0.5) is 0 Å². The molecule has 0 fully saturated rings. The van der Waals surface area contributed by atoms with Crippen LogP contribution in [0.1, 0.15) is 17.2 Å². The average Bonchev–Trinajstić information content (AvgIpc) is 2.58. The number of hydrogen-bond acceptors (Lipinski definition) is 4. The third-order valence-corrected chi connectivity index (χ3v) is 3.71. The minimum atomic E-state index is -3.24. The molecule has 16 heavy (non-hydrogen) atoms. The first-order valence-electron chi connectivity index (χ1n) is 4.68. The highest BCUT2D eigenvalue weighted by Crippen LogP contribution is 2.27. The molecule has 2 rings (SSSR count). The Morgan fingerprint density at radius 1 is 1.50 bits per heavy atom. The number of fused-ring (bicyclic) bond motifs is 1. The van der Waals surface area contributed by atoms with E-state index in [9.17, 15) is 13.2 Å². The Kier molecular flexibility index (Phi) is 2.47. The first-order chi connectivity index (χ1) is 7.39. The van der Waals surface area contributed by atoms with E-state index in [0.717, 1.165) is 11.8 Å². The minimum absolute atomic E-state index is 0.221. The third kappa shape index (κ3) is 1.81. The van der Waals surface area contributed by atoms with Crippen molar-refractivity contribution in [3.63, 3.8) is 0 Å². The Balaban J connectivity index is 2.48. The zero-order valence-electron chi connectivity index (χ0n) is 8.60. The highest BCUT2D eigenvalue weighted by atomic mass is 32.2. The van der Waals surface area contributed by atoms with Crippen LogP contribution in [0.25, 0.3) is 0 Å². The Bertz CT molecular complexity index is 550. The minimum Gasteiger partial charge on any atom is -0.480 e. The molecule has 1 atom stereocenters. The quantitative estimate of drug-likeness (QED) is 0.779. The van der Waals surface area contributed by atoms with Crippen LogP contribution in [0, 0.1) is 0 Å². The number of carboxylic acid groups (broad SMARTS) is 1. The van der Waals surface area contributed by atoms with Crippen molar-refractivity contribution >= 4 is 15.8 Å². The molecule has 1 aromatic rings. The van der Waals surface area contributed by atoms with E-state index in [1.807, 2.05) is 0 Å². The molecule has 0 aromatic heterocycles. The van der Waals surface area contributed by atoms with Crippen molar-refractivity contribution in [1.29, 1.82) is 0 Å². The number of carbonyl (C=O) groups is 1. The van der Waals surface area contributed by atoms with Gasteiger partial charge >= 0.3 is 5.97 Å². The van der Waals surface area contributed by atoms with E-state index in [1.54, 1.807) is 6.07 Å². The summed E-state index contributed by atoms with van der Waals surface area (Å²) >= 11 is 0. The van der Waals surface area contributed by atoms with Crippen LogP contribution in [0.5, 0.6) is 0 Å². The van der Waals surface area contributed by atoms with Gasteiger partial charge in [0.25, 0.3) is 0 Å². The van der Waals surface area contributed by atoms with Crippen molar-refractivity contribution in [2.45, 2.75) is 17.5 Å². The molecular formula is C10H11NO4S. The zero-order valence-corrected chi connectivity index (χ0v) is 9.41. The predicted octanol–water partition coefficient (Wildman–Crippen LogP) is 0.319. The van der Waals surface area contributed by atoms with Gasteiger partial charge in [-0.2, -0.15) is 0 Å². The first-order valence-corrected chi connectivity index (χ1v) is 6.58. The van der Waals surface area contributed by atoms with Gasteiger partial charge in [0.05, 0.1) is 4.90 Å². The molecule has 0 saturated carbocycles. The molecule has 0 saturated heterocycles. The number of benzene rings is 1. The number of aliphatic carboxylic acids is 1. The molecule has 0 amide bonds. The van der Waals surface area contributed by atoms with Gasteiger partial charge < -0.3 is 5.11 Å². The fourth-order valence-corrected chi connectivity index (χ4v) is 2.46. The number of rotatable bonds is 2. The van der Waals surface area contributed by atoms with E-state index in [1.165, 1.54) is 12.1 Å². The monoisotopic (exact) mass is 241 g/mol. The van der Waals surface area contributed by atoms with Gasteiger partial charge in [-0.15, -0.1) is 0 Å². The molecule has 0 spiro atoms. The van der Waals surface area contributed by atoms with Crippen molar-refractivity contribution in [2.75, 3.05) is 6.26 Å². The Morgan fingerprint density at radius 3 is 2.75 bits per heavy atom. The van der Waals surface area contributed by atoms with Gasteiger partial charge in [-0.25, -0.2) is 8.42 Å². The molecule has 0 radical (unpaired) electrons. The topological polar surface area (TPSA) is 83.5 Å². The van der Waals surface area contributed by atoms with Crippen molar-refractivity contribution in [3.8, 4) is 0 Å². The van der Waals surface area contributed by atoms with Crippen LogP contribution in [-0.2, 0) is 21.2 Å². The molecule has 1 heterocycles. The van der Waals surface area contributed by atoms with Gasteiger partial charge in [0, 0.05) is 12.8 Å². The summed E-state index contributed by atoms with van der Waals surface area (Å²) in [5.74, 6) is -0.953. The molecule has 0 unspecified atom stereocenters. The largest absolute Gasteiger partial charge is 0.480 e. The summed E-state index contributed by atoms with van der Waals surface area (Å²) in [5.41, 5.74) is 1.37. The lowest BCUT2D eigenvalue weighted by Crippen LogP contribution is -2.21. The summed E-state index contributed by atoms with van der Waals surface area (Å²) in [7, 11) is -3.24. The van der Waals surface area contributed by atoms with E-state index in [-0.39, 0.29) is 4.90 Å². The molecule has 1 aromatic carbocycles. The molecule has 2 N–H and O–H groups in total. The number of hydrogen-bond donors (Lipinski definition) is 2. The van der Waals surface area contributed by atoms with Gasteiger partial charge in [-0.05, 0) is 23.3 Å². The van der Waals surface area contributed by atoms with Crippen LogP contribution in [0.3, 0.4) is 0 Å². The number of carboxylic acids is 1. The van der Waals surface area contributed by atoms with Crippen molar-refractivity contribution in [2.24, 2.45) is 0 Å². The summed E-state index contributed by atoms with van der Waals surface area (Å²) in [6.07, 6.45) is 1.13. The molecule has 86 valence electrons. The highest BCUT2D eigenvalue weighted by molar-refractivity contribution is 7.90. The van der Waals surface area contributed by atoms with E-state index >= 15 is 0 Å². The van der Waals surface area contributed by atoms with Crippen molar-refractivity contribution in [1.82, 2.24) is 5.32 Å². The SMILES string of the molecule is CS(=O)(=O)c1ccc2c(c1)CN[C@@H]2C(=O)O. The Hall–Kier alpha value is -1.40. The summed E-state index contributed by atoms with van der Waals surface area (Å²) < 4.78 is 22.6. The second kappa shape index (κ2) is 3.57. The van der Waals surface area contributed by atoms with Crippen LogP contribution in [0.15, 0.2) is 23.1 Å². The lowest BCUT2D eigenvalue weighted by atomic mass is 10.1. The Morgan fingerprint density at radius 2 is 2.19 bits per heavy atom. The maximum atomic E-state index is 11.3. The predicted molar refractivity (Wildman–Crippen MR) is 56.8 cm³/mol. The van der Waals surface area contributed by atoms with Gasteiger partial charge in [0.2, 0.25) is 0 Å². The first kappa shape index (κ1) is 11.1. The number of nitrogens with one attached hydrogen (secondary N) is 1. The van der Waals surface area contributed by atoms with E-state index < -0.39 is 21.8 Å². The van der Waals surface area contributed by atoms with Gasteiger partial charge in [-0.3, -0.25) is 10.1 Å². The smallest absolute Gasteiger partial charge is 0.325 e. The van der Waals surface area contributed by atoms with Crippen molar-refractivity contribution in [3.05, 3.63) is 29.3 Å². The molecular weight excluding hydrogens is 230 g/mol. The van der Waals surface area contributed by atoms with Gasteiger partial charge in [0.1, 0.15) is 6.04 Å². The highest BCUT2D eigenvalue weighted by Gasteiger charge is 2.28. The molecule has 1 aliphatic rings. The second-order valence-corrected chi connectivity index (χ2v) is 5.80. The fourth-order valence-electron chi connectivity index (χ4n) is 1.79. The second-order valence-electron chi connectivity index (χ2n) is 3.78. The molecule has 6 heteroatoms. The lowest BCUT2D eigenvalue weighted by Gasteiger charge is -2.06. The van der Waals surface area contributed by atoms with Gasteiger partial charge in [-0.1, -0.05) is 6.07 Å². The summed E-state index contributed by atoms with van der Waals surface area (Å²) in [4.78, 5) is 11.1. The Labute approximate surface area is 93.0 Å². The van der Waals surface area contributed by atoms with E-state index in [0.29, 0.717) is 12.1 Å². The summed E-state index contributed by atoms with van der Waals surface area (Å²) in [5, 5.41) is 11.7. The molecule has 0 bridgehead atoms. The maximum absolute atomic E-state index is 11.3. The molecule has 5 nitrogen and oxygen atoms in total. The van der Waals surface area contributed by atoms with Crippen LogP contribution >= 0.6 is 0 Å². The van der Waals surface area contributed by atoms with Crippen LogP contribution < -0.4 is 5.32 Å². The molecule has 1 aliphatic heterocycles. The van der Waals surface area contributed by atoms with Crippen molar-refractivity contribution < 1.29 is 18.3 Å². The van der Waals surface area contributed by atoms with Gasteiger partial charge in [0.15, 0.2) is 9.84 Å².